The second-order valence-corrected chi connectivity index (χ2v) is 2.81. The Morgan fingerprint density at radius 1 is 1.67 bits per heavy atom. The summed E-state index contributed by atoms with van der Waals surface area (Å²) >= 11 is 0. The van der Waals surface area contributed by atoms with Gasteiger partial charge in [0.15, 0.2) is 0 Å². The summed E-state index contributed by atoms with van der Waals surface area (Å²) in [5.41, 5.74) is 8.25. The van der Waals surface area contributed by atoms with Gasteiger partial charge in [-0.2, -0.15) is 0 Å². The number of nitrogens with two attached hydrogens (primary N) is 2. The van der Waals surface area contributed by atoms with E-state index < -0.39 is 0 Å². The molecule has 4 N–H and O–H groups in total. The smallest absolute Gasteiger partial charge is 0.137 e. The SMILES string of the molecule is CCC(N)c1cnccc1[NH2+]C. The van der Waals surface area contributed by atoms with Crippen LogP contribution in [0, 0.1) is 0 Å². The molecule has 0 aliphatic carbocycles. The average molecular weight is 166 g/mol. The third-order valence-corrected chi connectivity index (χ3v) is 2.04. The predicted octanol–water partition coefficient (Wildman–Crippen LogP) is 0.316. The third-order valence-electron chi connectivity index (χ3n) is 2.04. The van der Waals surface area contributed by atoms with Crippen molar-refractivity contribution in [1.29, 1.82) is 0 Å². The highest BCUT2D eigenvalue weighted by atomic mass is 14.8. The van der Waals surface area contributed by atoms with Gasteiger partial charge in [0.2, 0.25) is 0 Å². The molecule has 3 heteroatoms. The lowest BCUT2D eigenvalue weighted by molar-refractivity contribution is -0.540. The Labute approximate surface area is 73.0 Å². The lowest BCUT2D eigenvalue weighted by Crippen LogP contribution is -2.73. The van der Waals surface area contributed by atoms with Crippen LogP contribution in [0.2, 0.25) is 0 Å². The fraction of sp³-hybridized carbons (Fsp3) is 0.444. The molecule has 0 radical (unpaired) electrons. The van der Waals surface area contributed by atoms with Gasteiger partial charge in [-0.3, -0.25) is 4.98 Å². The molecular formula is C9H16N3+. The second kappa shape index (κ2) is 4.18. The van der Waals surface area contributed by atoms with Crippen LogP contribution in [-0.4, -0.2) is 12.0 Å². The number of nitrogens with zero attached hydrogens (tertiary/aromatic N) is 1. The van der Waals surface area contributed by atoms with Gasteiger partial charge in [-0.05, 0) is 6.42 Å². The zero-order valence-electron chi connectivity index (χ0n) is 7.62. The highest BCUT2D eigenvalue weighted by molar-refractivity contribution is 5.38. The molecular weight excluding hydrogens is 150 g/mol. The molecule has 0 saturated heterocycles. The monoisotopic (exact) mass is 166 g/mol. The molecule has 1 unspecified atom stereocenters. The number of quaternary nitrogens is 1. The van der Waals surface area contributed by atoms with E-state index in [9.17, 15) is 0 Å². The van der Waals surface area contributed by atoms with Crippen molar-refractivity contribution in [3.05, 3.63) is 24.0 Å². The van der Waals surface area contributed by atoms with Crippen LogP contribution >= 0.6 is 0 Å². The van der Waals surface area contributed by atoms with Crippen LogP contribution in [0.4, 0.5) is 5.69 Å². The summed E-state index contributed by atoms with van der Waals surface area (Å²) < 4.78 is 0. The van der Waals surface area contributed by atoms with Gasteiger partial charge in [-0.15, -0.1) is 0 Å². The molecule has 0 aliphatic heterocycles. The zero-order valence-corrected chi connectivity index (χ0v) is 7.62. The quantitative estimate of drug-likeness (QED) is 0.679. The van der Waals surface area contributed by atoms with Crippen molar-refractivity contribution in [1.82, 2.24) is 4.98 Å². The fourth-order valence-corrected chi connectivity index (χ4v) is 1.21. The molecule has 1 atom stereocenters. The maximum atomic E-state index is 5.91. The van der Waals surface area contributed by atoms with E-state index in [1.165, 1.54) is 5.69 Å². The van der Waals surface area contributed by atoms with Crippen LogP contribution in [0.3, 0.4) is 0 Å². The Balaban J connectivity index is 2.96. The topological polar surface area (TPSA) is 55.5 Å². The molecule has 1 aromatic heterocycles. The minimum atomic E-state index is 0.116. The molecule has 0 spiro atoms. The molecule has 0 bridgehead atoms. The van der Waals surface area contributed by atoms with E-state index in [0.29, 0.717) is 0 Å². The predicted molar refractivity (Wildman–Crippen MR) is 49.0 cm³/mol. The van der Waals surface area contributed by atoms with Gasteiger partial charge in [0, 0.05) is 30.1 Å². The largest absolute Gasteiger partial charge is 0.324 e. The van der Waals surface area contributed by atoms with Crippen LogP contribution < -0.4 is 11.1 Å². The number of hydrogen-bond donors (Lipinski definition) is 2. The van der Waals surface area contributed by atoms with E-state index in [4.69, 9.17) is 5.73 Å². The minimum Gasteiger partial charge on any atom is -0.324 e. The van der Waals surface area contributed by atoms with Crippen LogP contribution in [0.15, 0.2) is 18.5 Å². The van der Waals surface area contributed by atoms with E-state index in [1.54, 1.807) is 6.20 Å². The number of pyridine rings is 1. The summed E-state index contributed by atoms with van der Waals surface area (Å²) in [5, 5.41) is 2.06. The average Bonchev–Trinajstić information content (AvgIpc) is 2.16. The fourth-order valence-electron chi connectivity index (χ4n) is 1.21. The van der Waals surface area contributed by atoms with Crippen molar-refractivity contribution < 1.29 is 5.32 Å². The summed E-state index contributed by atoms with van der Waals surface area (Å²) in [6.45, 7) is 2.08. The molecule has 0 fully saturated rings. The Hall–Kier alpha value is -0.930. The van der Waals surface area contributed by atoms with Gasteiger partial charge in [0.1, 0.15) is 5.69 Å². The zero-order chi connectivity index (χ0) is 8.97. The van der Waals surface area contributed by atoms with E-state index >= 15 is 0 Å². The molecule has 1 rings (SSSR count). The summed E-state index contributed by atoms with van der Waals surface area (Å²) in [5.74, 6) is 0. The Morgan fingerprint density at radius 2 is 2.42 bits per heavy atom. The number of rotatable bonds is 3. The number of aromatic nitrogens is 1. The Bertz CT molecular complexity index is 247. The first-order chi connectivity index (χ1) is 5.79. The maximum Gasteiger partial charge on any atom is 0.137 e. The van der Waals surface area contributed by atoms with Crippen molar-refractivity contribution in [2.24, 2.45) is 5.73 Å². The van der Waals surface area contributed by atoms with Gasteiger partial charge in [-0.25, -0.2) is 0 Å². The number of hydrogen-bond acceptors (Lipinski definition) is 2. The summed E-state index contributed by atoms with van der Waals surface area (Å²) in [4.78, 5) is 4.06. The van der Waals surface area contributed by atoms with Crippen LogP contribution in [0.5, 0.6) is 0 Å². The van der Waals surface area contributed by atoms with Crippen molar-refractivity contribution in [3.63, 3.8) is 0 Å². The van der Waals surface area contributed by atoms with E-state index in [-0.39, 0.29) is 6.04 Å². The molecule has 66 valence electrons. The van der Waals surface area contributed by atoms with E-state index in [0.717, 1.165) is 12.0 Å². The minimum absolute atomic E-state index is 0.116. The highest BCUT2D eigenvalue weighted by Gasteiger charge is 2.10. The molecule has 0 aromatic carbocycles. The normalized spacial score (nSPS) is 12.9. The molecule has 0 aliphatic rings. The van der Waals surface area contributed by atoms with Gasteiger partial charge < -0.3 is 11.1 Å². The van der Waals surface area contributed by atoms with Crippen molar-refractivity contribution in [3.8, 4) is 0 Å². The lowest BCUT2D eigenvalue weighted by Gasteiger charge is -2.09. The van der Waals surface area contributed by atoms with Crippen LogP contribution in [0.1, 0.15) is 24.9 Å². The molecule has 3 nitrogen and oxygen atoms in total. The first kappa shape index (κ1) is 9.16. The van der Waals surface area contributed by atoms with Gasteiger partial charge in [0.05, 0.1) is 7.05 Å². The van der Waals surface area contributed by atoms with Crippen LogP contribution in [-0.2, 0) is 0 Å². The summed E-state index contributed by atoms with van der Waals surface area (Å²) in [7, 11) is 2.02. The lowest BCUT2D eigenvalue weighted by atomic mass is 10.1. The van der Waals surface area contributed by atoms with Crippen molar-refractivity contribution >= 4 is 5.69 Å². The second-order valence-electron chi connectivity index (χ2n) is 2.81. The molecule has 12 heavy (non-hydrogen) atoms. The van der Waals surface area contributed by atoms with Gasteiger partial charge in [0.25, 0.3) is 0 Å². The summed E-state index contributed by atoms with van der Waals surface area (Å²) in [6.07, 6.45) is 4.59. The van der Waals surface area contributed by atoms with Crippen LogP contribution in [0.25, 0.3) is 0 Å². The molecule has 1 aromatic rings. The summed E-state index contributed by atoms with van der Waals surface area (Å²) in [6, 6.07) is 2.11. The molecule has 0 amide bonds. The van der Waals surface area contributed by atoms with E-state index in [2.05, 4.69) is 17.2 Å². The maximum absolute atomic E-state index is 5.91. The Kier molecular flexibility index (Phi) is 3.19. The standard InChI is InChI=1S/C9H15N3/c1-3-8(10)7-6-12-5-4-9(7)11-2/h4-6,8H,3,10H2,1-2H3,(H,11,12)/p+1. The van der Waals surface area contributed by atoms with Crippen molar-refractivity contribution in [2.75, 3.05) is 7.05 Å². The van der Waals surface area contributed by atoms with Gasteiger partial charge in [-0.1, -0.05) is 6.92 Å². The molecule has 1 heterocycles. The van der Waals surface area contributed by atoms with Gasteiger partial charge >= 0.3 is 0 Å². The Morgan fingerprint density at radius 3 is 3.00 bits per heavy atom. The first-order valence-corrected chi connectivity index (χ1v) is 4.28. The van der Waals surface area contributed by atoms with E-state index in [1.807, 2.05) is 19.3 Å². The highest BCUT2D eigenvalue weighted by Crippen LogP contribution is 2.17. The van der Waals surface area contributed by atoms with Crippen molar-refractivity contribution in [2.45, 2.75) is 19.4 Å². The third kappa shape index (κ3) is 1.81. The first-order valence-electron chi connectivity index (χ1n) is 4.28. The molecule has 0 saturated carbocycles.